The fraction of sp³-hybridized carbons (Fsp3) is 0.846. The molecule has 1 saturated carbocycles. The lowest BCUT2D eigenvalue weighted by Crippen LogP contribution is -2.40. The second-order valence-corrected chi connectivity index (χ2v) is 5.20. The minimum absolute atomic E-state index is 0.316. The van der Waals surface area contributed by atoms with Gasteiger partial charge in [-0.15, -0.1) is 0 Å². The molecule has 0 radical (unpaired) electrons. The highest BCUT2D eigenvalue weighted by molar-refractivity contribution is 5.19. The van der Waals surface area contributed by atoms with Gasteiger partial charge in [0.05, 0.1) is 5.60 Å². The van der Waals surface area contributed by atoms with Crippen LogP contribution in [-0.4, -0.2) is 16.7 Å². The van der Waals surface area contributed by atoms with Gasteiger partial charge in [0.15, 0.2) is 0 Å². The van der Waals surface area contributed by atoms with E-state index in [4.69, 9.17) is 5.73 Å². The van der Waals surface area contributed by atoms with E-state index in [2.05, 4.69) is 6.08 Å². The molecule has 2 nitrogen and oxygen atoms in total. The van der Waals surface area contributed by atoms with E-state index in [1.807, 2.05) is 0 Å². The molecule has 1 fully saturated rings. The van der Waals surface area contributed by atoms with Gasteiger partial charge in [-0.3, -0.25) is 0 Å². The molecule has 0 aromatic heterocycles. The first-order valence-corrected chi connectivity index (χ1v) is 6.38. The fourth-order valence-corrected chi connectivity index (χ4v) is 2.88. The molecule has 0 aromatic rings. The summed E-state index contributed by atoms with van der Waals surface area (Å²) in [5.74, 6) is 0. The first kappa shape index (κ1) is 11.2. The number of rotatable bonds is 1. The molecule has 2 aliphatic carbocycles. The molecule has 3 N–H and O–H groups in total. The number of allylic oxidation sites excluding steroid dienone is 1. The third-order valence-electron chi connectivity index (χ3n) is 4.00. The molecule has 0 saturated heterocycles. The molecule has 2 rings (SSSR count). The van der Waals surface area contributed by atoms with Crippen molar-refractivity contribution in [3.8, 4) is 0 Å². The van der Waals surface area contributed by atoms with Crippen molar-refractivity contribution in [1.82, 2.24) is 0 Å². The van der Waals surface area contributed by atoms with Gasteiger partial charge in [0.1, 0.15) is 0 Å². The standard InChI is InChI=1S/C13H23NO/c14-12-7-9-13(15,10-8-12)11-5-3-1-2-4-6-11/h5,12,15H,1-4,6-10,14H2. The first-order valence-electron chi connectivity index (χ1n) is 6.38. The Kier molecular flexibility index (Phi) is 3.47. The molecule has 0 heterocycles. The zero-order valence-corrected chi connectivity index (χ0v) is 9.54. The molecule has 2 heteroatoms. The lowest BCUT2D eigenvalue weighted by Gasteiger charge is -2.37. The van der Waals surface area contributed by atoms with Crippen molar-refractivity contribution in [2.45, 2.75) is 69.4 Å². The zero-order chi connectivity index (χ0) is 10.7. The third kappa shape index (κ3) is 2.61. The predicted molar refractivity (Wildman–Crippen MR) is 62.6 cm³/mol. The maximum absolute atomic E-state index is 10.6. The lowest BCUT2D eigenvalue weighted by atomic mass is 9.76. The van der Waals surface area contributed by atoms with Crippen LogP contribution >= 0.6 is 0 Å². The second kappa shape index (κ2) is 4.67. The Labute approximate surface area is 92.6 Å². The number of nitrogens with two attached hydrogens (primary N) is 1. The molecule has 0 bridgehead atoms. The van der Waals surface area contributed by atoms with Crippen molar-refractivity contribution in [3.63, 3.8) is 0 Å². The highest BCUT2D eigenvalue weighted by atomic mass is 16.3. The highest BCUT2D eigenvalue weighted by Gasteiger charge is 2.35. The molecule has 86 valence electrons. The Morgan fingerprint density at radius 2 is 1.93 bits per heavy atom. The molecule has 2 aliphatic rings. The Bertz CT molecular complexity index is 239. The van der Waals surface area contributed by atoms with Crippen LogP contribution in [0.4, 0.5) is 0 Å². The van der Waals surface area contributed by atoms with Gasteiger partial charge in [-0.2, -0.15) is 0 Å². The lowest BCUT2D eigenvalue weighted by molar-refractivity contribution is 0.0313. The summed E-state index contributed by atoms with van der Waals surface area (Å²) in [5.41, 5.74) is 6.70. The predicted octanol–water partition coefficient (Wildman–Crippen LogP) is 2.51. The smallest absolute Gasteiger partial charge is 0.0857 e. The van der Waals surface area contributed by atoms with Crippen LogP contribution < -0.4 is 5.73 Å². The van der Waals surface area contributed by atoms with Gasteiger partial charge in [0.2, 0.25) is 0 Å². The summed E-state index contributed by atoms with van der Waals surface area (Å²) in [6.07, 6.45) is 12.1. The third-order valence-corrected chi connectivity index (χ3v) is 4.00. The molecule has 0 amide bonds. The van der Waals surface area contributed by atoms with Gasteiger partial charge < -0.3 is 10.8 Å². The second-order valence-electron chi connectivity index (χ2n) is 5.20. The summed E-state index contributed by atoms with van der Waals surface area (Å²) >= 11 is 0. The summed E-state index contributed by atoms with van der Waals surface area (Å²) in [5, 5.41) is 10.6. The number of hydrogen-bond donors (Lipinski definition) is 2. The summed E-state index contributed by atoms with van der Waals surface area (Å²) in [6, 6.07) is 0.316. The van der Waals surface area contributed by atoms with Crippen LogP contribution in [0.2, 0.25) is 0 Å². The van der Waals surface area contributed by atoms with Crippen LogP contribution in [-0.2, 0) is 0 Å². The van der Waals surface area contributed by atoms with Crippen LogP contribution in [0.25, 0.3) is 0 Å². The molecule has 15 heavy (non-hydrogen) atoms. The van der Waals surface area contributed by atoms with E-state index in [-0.39, 0.29) is 0 Å². The van der Waals surface area contributed by atoms with E-state index < -0.39 is 5.60 Å². The Hall–Kier alpha value is -0.340. The summed E-state index contributed by atoms with van der Waals surface area (Å²) < 4.78 is 0. The largest absolute Gasteiger partial charge is 0.386 e. The maximum atomic E-state index is 10.6. The van der Waals surface area contributed by atoms with Gasteiger partial charge in [-0.05, 0) is 56.9 Å². The Morgan fingerprint density at radius 1 is 1.20 bits per heavy atom. The molecule has 0 atom stereocenters. The van der Waals surface area contributed by atoms with Crippen molar-refractivity contribution in [3.05, 3.63) is 11.6 Å². The fourth-order valence-electron chi connectivity index (χ4n) is 2.88. The van der Waals surface area contributed by atoms with Crippen molar-refractivity contribution in [2.75, 3.05) is 0 Å². The monoisotopic (exact) mass is 209 g/mol. The Morgan fingerprint density at radius 3 is 2.67 bits per heavy atom. The van der Waals surface area contributed by atoms with Gasteiger partial charge in [-0.25, -0.2) is 0 Å². The molecule has 0 aromatic carbocycles. The van der Waals surface area contributed by atoms with Gasteiger partial charge in [0, 0.05) is 6.04 Å². The SMILES string of the molecule is NC1CCC(O)(C2=CCCCCC2)CC1. The maximum Gasteiger partial charge on any atom is 0.0857 e. The minimum Gasteiger partial charge on any atom is -0.386 e. The molecule has 0 spiro atoms. The quantitative estimate of drug-likeness (QED) is 0.652. The average Bonchev–Trinajstić information content (AvgIpc) is 2.51. The zero-order valence-electron chi connectivity index (χ0n) is 9.54. The van der Waals surface area contributed by atoms with E-state index in [0.717, 1.165) is 38.5 Å². The summed E-state index contributed by atoms with van der Waals surface area (Å²) in [4.78, 5) is 0. The van der Waals surface area contributed by atoms with Gasteiger partial charge in [-0.1, -0.05) is 12.5 Å². The van der Waals surface area contributed by atoms with Crippen LogP contribution in [0, 0.1) is 0 Å². The van der Waals surface area contributed by atoms with Gasteiger partial charge >= 0.3 is 0 Å². The van der Waals surface area contributed by atoms with Crippen molar-refractivity contribution in [1.29, 1.82) is 0 Å². The van der Waals surface area contributed by atoms with Crippen molar-refractivity contribution < 1.29 is 5.11 Å². The normalized spacial score (nSPS) is 38.3. The minimum atomic E-state index is -0.500. The van der Waals surface area contributed by atoms with E-state index in [1.165, 1.54) is 24.8 Å². The average molecular weight is 209 g/mol. The van der Waals surface area contributed by atoms with Gasteiger partial charge in [0.25, 0.3) is 0 Å². The van der Waals surface area contributed by atoms with Crippen LogP contribution in [0.1, 0.15) is 57.8 Å². The molecular weight excluding hydrogens is 186 g/mol. The van der Waals surface area contributed by atoms with E-state index in [9.17, 15) is 5.11 Å². The van der Waals surface area contributed by atoms with Crippen LogP contribution in [0.15, 0.2) is 11.6 Å². The number of aliphatic hydroxyl groups is 1. The summed E-state index contributed by atoms with van der Waals surface area (Å²) in [7, 11) is 0. The van der Waals surface area contributed by atoms with Crippen LogP contribution in [0.5, 0.6) is 0 Å². The highest BCUT2D eigenvalue weighted by Crippen LogP contribution is 2.37. The topological polar surface area (TPSA) is 46.2 Å². The Balaban J connectivity index is 2.03. The van der Waals surface area contributed by atoms with E-state index >= 15 is 0 Å². The van der Waals surface area contributed by atoms with E-state index in [0.29, 0.717) is 6.04 Å². The van der Waals surface area contributed by atoms with Crippen molar-refractivity contribution in [2.24, 2.45) is 5.73 Å². The van der Waals surface area contributed by atoms with Crippen LogP contribution in [0.3, 0.4) is 0 Å². The first-order chi connectivity index (χ1) is 7.21. The molecular formula is C13H23NO. The molecule has 0 unspecified atom stereocenters. The van der Waals surface area contributed by atoms with Crippen molar-refractivity contribution >= 4 is 0 Å². The molecule has 0 aliphatic heterocycles. The summed E-state index contributed by atoms with van der Waals surface area (Å²) in [6.45, 7) is 0. The van der Waals surface area contributed by atoms with E-state index in [1.54, 1.807) is 0 Å². The number of hydrogen-bond acceptors (Lipinski definition) is 2.